The predicted molar refractivity (Wildman–Crippen MR) is 109 cm³/mol. The molecule has 0 bridgehead atoms. The molecule has 3 aromatic rings. The summed E-state index contributed by atoms with van der Waals surface area (Å²) in [5, 5.41) is 2.82. The monoisotopic (exact) mass is 396 g/mol. The molecule has 3 rings (SSSR count). The Labute approximate surface area is 168 Å². The van der Waals surface area contributed by atoms with Crippen molar-refractivity contribution in [2.24, 2.45) is 0 Å². The highest BCUT2D eigenvalue weighted by Crippen LogP contribution is 2.22. The Morgan fingerprint density at radius 1 is 0.966 bits per heavy atom. The van der Waals surface area contributed by atoms with Gasteiger partial charge in [0.15, 0.2) is 11.6 Å². The average molecular weight is 396 g/mol. The number of carbonyl (C=O) groups is 1. The van der Waals surface area contributed by atoms with Gasteiger partial charge in [0.2, 0.25) is 5.91 Å². The van der Waals surface area contributed by atoms with E-state index in [-0.39, 0.29) is 24.1 Å². The zero-order valence-corrected chi connectivity index (χ0v) is 16.0. The van der Waals surface area contributed by atoms with E-state index in [9.17, 15) is 13.6 Å². The van der Waals surface area contributed by atoms with E-state index in [2.05, 4.69) is 5.32 Å². The summed E-state index contributed by atoms with van der Waals surface area (Å²) in [6, 6.07) is 20.5. The first-order chi connectivity index (χ1) is 14.0. The zero-order chi connectivity index (χ0) is 20.6. The molecule has 1 amide bonds. The van der Waals surface area contributed by atoms with Crippen molar-refractivity contribution in [3.8, 4) is 5.75 Å². The highest BCUT2D eigenvalue weighted by Gasteiger charge is 2.25. The van der Waals surface area contributed by atoms with Crippen molar-refractivity contribution in [1.29, 1.82) is 0 Å². The number of hydrogen-bond donors (Lipinski definition) is 1. The van der Waals surface area contributed by atoms with Gasteiger partial charge in [-0.05, 0) is 49.0 Å². The Bertz CT molecular complexity index is 933. The van der Waals surface area contributed by atoms with Crippen LogP contribution in [0, 0.1) is 11.6 Å². The highest BCUT2D eigenvalue weighted by molar-refractivity contribution is 5.95. The molecule has 0 saturated carbocycles. The fraction of sp³-hybridized carbons (Fsp3) is 0.174. The topological polar surface area (TPSA) is 41.6 Å². The first kappa shape index (κ1) is 20.5. The molecule has 0 radical (unpaired) electrons. The zero-order valence-electron chi connectivity index (χ0n) is 16.0. The van der Waals surface area contributed by atoms with Gasteiger partial charge in [-0.15, -0.1) is 0 Å². The van der Waals surface area contributed by atoms with Gasteiger partial charge in [0.1, 0.15) is 18.5 Å². The van der Waals surface area contributed by atoms with Crippen molar-refractivity contribution in [1.82, 2.24) is 4.90 Å². The van der Waals surface area contributed by atoms with Crippen molar-refractivity contribution in [2.75, 3.05) is 25.5 Å². The van der Waals surface area contributed by atoms with Crippen LogP contribution in [0.2, 0.25) is 0 Å². The third-order valence-corrected chi connectivity index (χ3v) is 4.45. The number of amides is 1. The lowest BCUT2D eigenvalue weighted by Crippen LogP contribution is -2.37. The lowest BCUT2D eigenvalue weighted by molar-refractivity contribution is -0.121. The smallest absolute Gasteiger partial charge is 0.246 e. The fourth-order valence-electron chi connectivity index (χ4n) is 2.98. The molecular weight excluding hydrogens is 374 g/mol. The van der Waals surface area contributed by atoms with E-state index in [0.717, 1.165) is 5.56 Å². The van der Waals surface area contributed by atoms with E-state index in [1.54, 1.807) is 25.2 Å². The van der Waals surface area contributed by atoms with Crippen LogP contribution in [0.15, 0.2) is 78.9 Å². The third kappa shape index (κ3) is 5.62. The molecule has 4 nitrogen and oxygen atoms in total. The summed E-state index contributed by atoms with van der Waals surface area (Å²) in [6.07, 6.45) is 0. The van der Waals surface area contributed by atoms with Crippen molar-refractivity contribution in [3.05, 3.63) is 96.1 Å². The standard InChI is InChI=1S/C23H22F2N2O2/c1-27(15-16-29-21-10-6-5-9-20(21)25)22(17-7-3-2-4-8-17)23(28)26-19-13-11-18(24)12-14-19/h2-14,22H,15-16H2,1H3,(H,26,28). The van der Waals surface area contributed by atoms with Crippen molar-refractivity contribution >= 4 is 11.6 Å². The van der Waals surface area contributed by atoms with E-state index in [1.807, 2.05) is 35.2 Å². The number of hydrogen-bond acceptors (Lipinski definition) is 3. The molecule has 0 spiro atoms. The molecular formula is C23H22F2N2O2. The largest absolute Gasteiger partial charge is 0.489 e. The SMILES string of the molecule is CN(CCOc1ccccc1F)C(C(=O)Nc1ccc(F)cc1)c1ccccc1. The van der Waals surface area contributed by atoms with E-state index in [0.29, 0.717) is 12.2 Å². The predicted octanol–water partition coefficient (Wildman–Crippen LogP) is 4.66. The van der Waals surface area contributed by atoms with Gasteiger partial charge < -0.3 is 10.1 Å². The van der Waals surface area contributed by atoms with Gasteiger partial charge in [0.25, 0.3) is 0 Å². The summed E-state index contributed by atoms with van der Waals surface area (Å²) in [4.78, 5) is 14.8. The molecule has 3 aromatic carbocycles. The average Bonchev–Trinajstić information content (AvgIpc) is 2.72. The Morgan fingerprint density at radius 3 is 2.31 bits per heavy atom. The van der Waals surface area contributed by atoms with Crippen molar-refractivity contribution in [2.45, 2.75) is 6.04 Å². The molecule has 0 aromatic heterocycles. The molecule has 1 unspecified atom stereocenters. The molecule has 0 aliphatic heterocycles. The summed E-state index contributed by atoms with van der Waals surface area (Å²) in [7, 11) is 1.80. The van der Waals surface area contributed by atoms with Crippen LogP contribution in [0.3, 0.4) is 0 Å². The van der Waals surface area contributed by atoms with Gasteiger partial charge in [-0.25, -0.2) is 8.78 Å². The molecule has 6 heteroatoms. The van der Waals surface area contributed by atoms with Gasteiger partial charge in [0, 0.05) is 12.2 Å². The minimum absolute atomic E-state index is 0.174. The second kappa shape index (κ2) is 9.80. The van der Waals surface area contributed by atoms with E-state index < -0.39 is 11.9 Å². The number of ether oxygens (including phenoxy) is 1. The molecule has 1 atom stereocenters. The lowest BCUT2D eigenvalue weighted by atomic mass is 10.0. The number of para-hydroxylation sites is 1. The summed E-state index contributed by atoms with van der Waals surface area (Å²) < 4.78 is 32.3. The Hall–Kier alpha value is -3.25. The van der Waals surface area contributed by atoms with Gasteiger partial charge >= 0.3 is 0 Å². The van der Waals surface area contributed by atoms with Crippen LogP contribution in [-0.4, -0.2) is 31.0 Å². The van der Waals surface area contributed by atoms with Crippen LogP contribution < -0.4 is 10.1 Å². The number of benzene rings is 3. The maximum atomic E-state index is 13.7. The summed E-state index contributed by atoms with van der Waals surface area (Å²) in [6.45, 7) is 0.606. The van der Waals surface area contributed by atoms with Gasteiger partial charge in [0.05, 0.1) is 0 Å². The van der Waals surface area contributed by atoms with Crippen LogP contribution in [0.1, 0.15) is 11.6 Å². The Balaban J connectivity index is 1.70. The quantitative estimate of drug-likeness (QED) is 0.602. The molecule has 150 valence electrons. The van der Waals surface area contributed by atoms with Crippen LogP contribution in [0.5, 0.6) is 5.75 Å². The molecule has 0 heterocycles. The molecule has 0 saturated heterocycles. The number of carbonyl (C=O) groups excluding carboxylic acids is 1. The number of rotatable bonds is 8. The lowest BCUT2D eigenvalue weighted by Gasteiger charge is -2.27. The second-order valence-corrected chi connectivity index (χ2v) is 6.57. The summed E-state index contributed by atoms with van der Waals surface area (Å²) in [5.41, 5.74) is 1.31. The third-order valence-electron chi connectivity index (χ3n) is 4.45. The van der Waals surface area contributed by atoms with Crippen LogP contribution in [0.4, 0.5) is 14.5 Å². The van der Waals surface area contributed by atoms with Crippen LogP contribution in [-0.2, 0) is 4.79 Å². The van der Waals surface area contributed by atoms with E-state index in [4.69, 9.17) is 4.74 Å². The van der Waals surface area contributed by atoms with Gasteiger partial charge in [-0.3, -0.25) is 9.69 Å². The number of nitrogens with zero attached hydrogens (tertiary/aromatic N) is 1. The highest BCUT2D eigenvalue weighted by atomic mass is 19.1. The number of likely N-dealkylation sites (N-methyl/N-ethyl adjacent to an activating group) is 1. The van der Waals surface area contributed by atoms with Crippen LogP contribution in [0.25, 0.3) is 0 Å². The number of halogens is 2. The minimum Gasteiger partial charge on any atom is -0.489 e. The first-order valence-corrected chi connectivity index (χ1v) is 9.23. The van der Waals surface area contributed by atoms with E-state index in [1.165, 1.54) is 30.3 Å². The van der Waals surface area contributed by atoms with Gasteiger partial charge in [-0.2, -0.15) is 0 Å². The number of anilines is 1. The second-order valence-electron chi connectivity index (χ2n) is 6.57. The molecule has 0 aliphatic carbocycles. The van der Waals surface area contributed by atoms with Crippen molar-refractivity contribution < 1.29 is 18.3 Å². The maximum Gasteiger partial charge on any atom is 0.246 e. The van der Waals surface area contributed by atoms with Crippen molar-refractivity contribution in [3.63, 3.8) is 0 Å². The first-order valence-electron chi connectivity index (χ1n) is 9.23. The normalized spacial score (nSPS) is 11.9. The fourth-order valence-corrected chi connectivity index (χ4v) is 2.98. The minimum atomic E-state index is -0.592. The maximum absolute atomic E-state index is 13.7. The molecule has 0 fully saturated rings. The van der Waals surface area contributed by atoms with Gasteiger partial charge in [-0.1, -0.05) is 42.5 Å². The summed E-state index contributed by atoms with van der Waals surface area (Å²) >= 11 is 0. The van der Waals surface area contributed by atoms with Crippen LogP contribution >= 0.6 is 0 Å². The Kier molecular flexibility index (Phi) is 6.92. The number of nitrogens with one attached hydrogen (secondary N) is 1. The van der Waals surface area contributed by atoms with E-state index >= 15 is 0 Å². The summed E-state index contributed by atoms with van der Waals surface area (Å²) in [5.74, 6) is -0.877. The molecule has 29 heavy (non-hydrogen) atoms. The molecule has 0 aliphatic rings. The molecule has 1 N–H and O–H groups in total. The Morgan fingerprint density at radius 2 is 1.62 bits per heavy atom.